The third kappa shape index (κ3) is 5.05. The van der Waals surface area contributed by atoms with Gasteiger partial charge in [-0.15, -0.1) is 0 Å². The van der Waals surface area contributed by atoms with E-state index in [0.717, 1.165) is 34.3 Å². The van der Waals surface area contributed by atoms with Crippen molar-refractivity contribution in [1.82, 2.24) is 4.57 Å². The van der Waals surface area contributed by atoms with E-state index in [9.17, 15) is 10.1 Å². The lowest BCUT2D eigenvalue weighted by atomic mass is 10.1. The van der Waals surface area contributed by atoms with Gasteiger partial charge in [0.05, 0.1) is 30.0 Å². The summed E-state index contributed by atoms with van der Waals surface area (Å²) in [5.74, 6) is 1.08. The van der Waals surface area contributed by atoms with Crippen LogP contribution in [-0.2, 0) is 4.74 Å². The molecule has 0 spiro atoms. The van der Waals surface area contributed by atoms with Gasteiger partial charge in [-0.25, -0.2) is 4.79 Å². The molecule has 2 aromatic carbocycles. The quantitative estimate of drug-likeness (QED) is 0.426. The summed E-state index contributed by atoms with van der Waals surface area (Å²) in [6.07, 6.45) is 0.462. The number of anilines is 1. The summed E-state index contributed by atoms with van der Waals surface area (Å²) in [5.41, 5.74) is 4.01. The van der Waals surface area contributed by atoms with Gasteiger partial charge < -0.3 is 14.0 Å². The largest absolute Gasteiger partial charge is 0.494 e. The summed E-state index contributed by atoms with van der Waals surface area (Å²) >= 11 is 0. The van der Waals surface area contributed by atoms with Crippen molar-refractivity contribution in [2.75, 3.05) is 18.5 Å². The molecule has 1 aromatic heterocycles. The highest BCUT2D eigenvalue weighted by Gasteiger charge is 2.21. The molecule has 0 aliphatic heterocycles. The minimum atomic E-state index is -0.472. The molecular weight excluding hydrogens is 402 g/mol. The molecule has 0 bridgehead atoms. The molecular formula is C26H31N3O3. The average molecular weight is 434 g/mol. The van der Waals surface area contributed by atoms with Crippen LogP contribution in [-0.4, -0.2) is 23.9 Å². The third-order valence-electron chi connectivity index (χ3n) is 5.03. The predicted octanol–water partition coefficient (Wildman–Crippen LogP) is 6.75. The van der Waals surface area contributed by atoms with Gasteiger partial charge in [-0.3, -0.25) is 5.32 Å². The molecule has 3 rings (SSSR count). The fourth-order valence-electron chi connectivity index (χ4n) is 3.64. The number of nitrogens with one attached hydrogen (secondary N) is 1. The standard InChI is InChI=1S/C26H31N3O3/c1-6-13-31-21-11-12-22-23(15-27)25(29(18(4)5)24(22)14-21)19-7-9-20(10-8-19)28-26(30)32-16-17(2)3/h7-12,14,17-18H,6,13,16H2,1-5H3,(H,28,30). The minimum absolute atomic E-state index is 0.139. The Morgan fingerprint density at radius 2 is 1.84 bits per heavy atom. The highest BCUT2D eigenvalue weighted by atomic mass is 16.5. The van der Waals surface area contributed by atoms with Crippen LogP contribution in [0.3, 0.4) is 0 Å². The Morgan fingerprint density at radius 3 is 2.44 bits per heavy atom. The molecule has 3 aromatic rings. The second-order valence-electron chi connectivity index (χ2n) is 8.52. The monoisotopic (exact) mass is 433 g/mol. The summed E-state index contributed by atoms with van der Waals surface area (Å²) in [6.45, 7) is 11.3. The van der Waals surface area contributed by atoms with Crippen molar-refractivity contribution in [2.24, 2.45) is 5.92 Å². The maximum absolute atomic E-state index is 11.9. The average Bonchev–Trinajstić information content (AvgIpc) is 3.10. The molecule has 1 N–H and O–H groups in total. The van der Waals surface area contributed by atoms with E-state index in [1.807, 2.05) is 56.3 Å². The van der Waals surface area contributed by atoms with E-state index in [2.05, 4.69) is 36.7 Å². The molecule has 0 radical (unpaired) electrons. The van der Waals surface area contributed by atoms with Gasteiger partial charge >= 0.3 is 6.09 Å². The molecule has 6 nitrogen and oxygen atoms in total. The van der Waals surface area contributed by atoms with Crippen molar-refractivity contribution in [3.63, 3.8) is 0 Å². The van der Waals surface area contributed by atoms with Crippen LogP contribution in [0, 0.1) is 17.2 Å². The first-order chi connectivity index (χ1) is 15.3. The molecule has 0 aliphatic carbocycles. The molecule has 0 saturated carbocycles. The van der Waals surface area contributed by atoms with Crippen LogP contribution in [0.25, 0.3) is 22.2 Å². The number of hydrogen-bond donors (Lipinski definition) is 1. The van der Waals surface area contributed by atoms with Gasteiger partial charge in [-0.1, -0.05) is 32.9 Å². The molecule has 1 heterocycles. The number of amides is 1. The number of carbonyl (C=O) groups excluding carboxylic acids is 1. The van der Waals surface area contributed by atoms with E-state index in [4.69, 9.17) is 9.47 Å². The highest BCUT2D eigenvalue weighted by molar-refractivity contribution is 5.95. The number of rotatable bonds is 8. The van der Waals surface area contributed by atoms with Crippen LogP contribution in [0.15, 0.2) is 42.5 Å². The summed E-state index contributed by atoms with van der Waals surface area (Å²) in [4.78, 5) is 11.9. The van der Waals surface area contributed by atoms with Gasteiger partial charge in [0.1, 0.15) is 11.8 Å². The molecule has 168 valence electrons. The SMILES string of the molecule is CCCOc1ccc2c(C#N)c(-c3ccc(NC(=O)OCC(C)C)cc3)n(C(C)C)c2c1. The zero-order valence-electron chi connectivity index (χ0n) is 19.4. The number of benzene rings is 2. The molecule has 0 atom stereocenters. The van der Waals surface area contributed by atoms with Gasteiger partial charge in [-0.2, -0.15) is 5.26 Å². The lowest BCUT2D eigenvalue weighted by molar-refractivity contribution is 0.147. The van der Waals surface area contributed by atoms with Crippen LogP contribution in [0.1, 0.15) is 52.6 Å². The van der Waals surface area contributed by atoms with Crippen LogP contribution in [0.4, 0.5) is 10.5 Å². The van der Waals surface area contributed by atoms with Crippen molar-refractivity contribution in [1.29, 1.82) is 5.26 Å². The number of carbonyl (C=O) groups is 1. The van der Waals surface area contributed by atoms with Gasteiger partial charge in [0, 0.05) is 23.2 Å². The fraction of sp³-hybridized carbons (Fsp3) is 0.385. The predicted molar refractivity (Wildman–Crippen MR) is 128 cm³/mol. The fourth-order valence-corrected chi connectivity index (χ4v) is 3.64. The third-order valence-corrected chi connectivity index (χ3v) is 5.03. The van der Waals surface area contributed by atoms with E-state index >= 15 is 0 Å². The second kappa shape index (κ2) is 10.2. The van der Waals surface area contributed by atoms with Crippen molar-refractivity contribution in [2.45, 2.75) is 47.1 Å². The smallest absolute Gasteiger partial charge is 0.411 e. The number of ether oxygens (including phenoxy) is 2. The van der Waals surface area contributed by atoms with Crippen LogP contribution >= 0.6 is 0 Å². The molecule has 0 aliphatic rings. The normalized spacial score (nSPS) is 11.1. The number of nitrogens with zero attached hydrogens (tertiary/aromatic N) is 2. The lowest BCUT2D eigenvalue weighted by Gasteiger charge is -2.16. The first kappa shape index (κ1) is 23.2. The molecule has 0 fully saturated rings. The first-order valence-corrected chi connectivity index (χ1v) is 11.1. The summed E-state index contributed by atoms with van der Waals surface area (Å²) in [7, 11) is 0. The first-order valence-electron chi connectivity index (χ1n) is 11.1. The van der Waals surface area contributed by atoms with Gasteiger partial charge in [0.2, 0.25) is 0 Å². The molecule has 0 saturated heterocycles. The molecule has 32 heavy (non-hydrogen) atoms. The Kier molecular flexibility index (Phi) is 7.42. The Morgan fingerprint density at radius 1 is 1.12 bits per heavy atom. The summed E-state index contributed by atoms with van der Waals surface area (Å²) in [6, 6.07) is 15.9. The summed E-state index contributed by atoms with van der Waals surface area (Å²) < 4.78 is 13.2. The van der Waals surface area contributed by atoms with Crippen molar-refractivity contribution in [3.05, 3.63) is 48.0 Å². The van der Waals surface area contributed by atoms with Crippen LogP contribution in [0.2, 0.25) is 0 Å². The number of fused-ring (bicyclic) bond motifs is 1. The molecule has 6 heteroatoms. The number of nitriles is 1. The van der Waals surface area contributed by atoms with Gasteiger partial charge in [0.25, 0.3) is 0 Å². The van der Waals surface area contributed by atoms with E-state index < -0.39 is 6.09 Å². The molecule has 1 amide bonds. The maximum Gasteiger partial charge on any atom is 0.411 e. The summed E-state index contributed by atoms with van der Waals surface area (Å²) in [5, 5.41) is 13.6. The Hall–Kier alpha value is -3.46. The number of aromatic nitrogens is 1. The van der Waals surface area contributed by atoms with E-state index in [1.54, 1.807) is 0 Å². The van der Waals surface area contributed by atoms with Crippen LogP contribution < -0.4 is 10.1 Å². The second-order valence-corrected chi connectivity index (χ2v) is 8.52. The number of hydrogen-bond acceptors (Lipinski definition) is 4. The topological polar surface area (TPSA) is 76.3 Å². The maximum atomic E-state index is 11.9. The van der Waals surface area contributed by atoms with Crippen molar-refractivity contribution in [3.8, 4) is 23.1 Å². The van der Waals surface area contributed by atoms with E-state index in [-0.39, 0.29) is 12.0 Å². The Balaban J connectivity index is 1.99. The molecule has 0 unspecified atom stereocenters. The van der Waals surface area contributed by atoms with E-state index in [0.29, 0.717) is 24.5 Å². The lowest BCUT2D eigenvalue weighted by Crippen LogP contribution is -2.16. The highest BCUT2D eigenvalue weighted by Crippen LogP contribution is 2.38. The van der Waals surface area contributed by atoms with Crippen molar-refractivity contribution < 1.29 is 14.3 Å². The Bertz CT molecular complexity index is 1120. The van der Waals surface area contributed by atoms with Gasteiger partial charge in [-0.05, 0) is 56.0 Å². The minimum Gasteiger partial charge on any atom is -0.494 e. The van der Waals surface area contributed by atoms with E-state index in [1.165, 1.54) is 0 Å². The van der Waals surface area contributed by atoms with Crippen LogP contribution in [0.5, 0.6) is 5.75 Å². The van der Waals surface area contributed by atoms with Crippen molar-refractivity contribution >= 4 is 22.7 Å². The zero-order valence-corrected chi connectivity index (χ0v) is 19.4. The Labute approximate surface area is 189 Å². The zero-order chi connectivity index (χ0) is 23.3. The van der Waals surface area contributed by atoms with Gasteiger partial charge in [0.15, 0.2) is 0 Å².